The lowest BCUT2D eigenvalue weighted by Gasteiger charge is -2.18. The highest BCUT2D eigenvalue weighted by molar-refractivity contribution is 7.98. The van der Waals surface area contributed by atoms with Gasteiger partial charge in [0.2, 0.25) is 5.91 Å². The van der Waals surface area contributed by atoms with E-state index in [1.54, 1.807) is 18.2 Å². The number of hydrogen-bond acceptors (Lipinski definition) is 6. The van der Waals surface area contributed by atoms with Crippen LogP contribution in [0.4, 0.5) is 15.2 Å². The molecule has 0 unspecified atom stereocenters. The number of aromatic nitrogens is 4. The van der Waals surface area contributed by atoms with Gasteiger partial charge in [0.15, 0.2) is 10.3 Å². The number of thioether (sulfide) groups is 1. The molecule has 0 fully saturated rings. The first-order chi connectivity index (χ1) is 14.9. The normalized spacial score (nSPS) is 11.0. The largest absolute Gasteiger partial charge is 0.274 e. The van der Waals surface area contributed by atoms with E-state index in [4.69, 9.17) is 0 Å². The molecule has 0 aliphatic heterocycles. The van der Waals surface area contributed by atoms with Gasteiger partial charge in [0.05, 0.1) is 11.4 Å². The van der Waals surface area contributed by atoms with E-state index in [9.17, 15) is 9.18 Å². The first kappa shape index (κ1) is 21.2. The quantitative estimate of drug-likeness (QED) is 0.363. The predicted molar refractivity (Wildman–Crippen MR) is 122 cm³/mol. The van der Waals surface area contributed by atoms with E-state index in [0.29, 0.717) is 10.9 Å². The number of carbonyl (C=O) groups is 1. The maximum atomic E-state index is 14.3. The average molecular weight is 454 g/mol. The minimum absolute atomic E-state index is 0.193. The lowest BCUT2D eigenvalue weighted by Crippen LogP contribution is -2.23. The molecule has 4 rings (SSSR count). The van der Waals surface area contributed by atoms with Gasteiger partial charge in [0.1, 0.15) is 11.6 Å². The number of aryl methyl sites for hydroxylation is 2. The smallest absolute Gasteiger partial charge is 0.230 e. The lowest BCUT2D eigenvalue weighted by molar-refractivity contribution is -0.115. The van der Waals surface area contributed by atoms with Gasteiger partial charge in [0.25, 0.3) is 0 Å². The second-order valence-electron chi connectivity index (χ2n) is 6.92. The third-order valence-corrected chi connectivity index (χ3v) is 6.41. The summed E-state index contributed by atoms with van der Waals surface area (Å²) in [7, 11) is 0. The SMILES string of the molecule is CC(=O)N(c1nc(CSc2nnc(C)n2-c2ccc(C)cc2)cs1)c1ccccc1F. The van der Waals surface area contributed by atoms with E-state index in [0.717, 1.165) is 22.4 Å². The van der Waals surface area contributed by atoms with Gasteiger partial charge in [-0.25, -0.2) is 9.37 Å². The molecular formula is C22H20FN5OS2. The monoisotopic (exact) mass is 453 g/mol. The maximum Gasteiger partial charge on any atom is 0.230 e. The minimum Gasteiger partial charge on any atom is -0.274 e. The molecule has 4 aromatic rings. The lowest BCUT2D eigenvalue weighted by atomic mass is 10.2. The van der Waals surface area contributed by atoms with Gasteiger partial charge in [-0.05, 0) is 38.1 Å². The summed E-state index contributed by atoms with van der Waals surface area (Å²) in [5.41, 5.74) is 3.16. The summed E-state index contributed by atoms with van der Waals surface area (Å²) in [6, 6.07) is 14.4. The standard InChI is InChI=1S/C22H20FN5OS2/c1-14-8-10-18(11-9-14)27-15(2)25-26-22(27)31-13-17-12-30-21(24-17)28(16(3)29)20-7-5-4-6-19(20)23/h4-12H,13H2,1-3H3. The van der Waals surface area contributed by atoms with Gasteiger partial charge in [-0.3, -0.25) is 14.3 Å². The summed E-state index contributed by atoms with van der Waals surface area (Å²) in [5.74, 6) is 0.579. The van der Waals surface area contributed by atoms with E-state index in [2.05, 4.69) is 27.3 Å². The van der Waals surface area contributed by atoms with Crippen LogP contribution >= 0.6 is 23.1 Å². The number of benzene rings is 2. The molecule has 0 aliphatic rings. The molecule has 0 aliphatic carbocycles. The van der Waals surface area contributed by atoms with Crippen molar-refractivity contribution in [1.29, 1.82) is 0 Å². The van der Waals surface area contributed by atoms with Crippen LogP contribution in [0.5, 0.6) is 0 Å². The number of rotatable bonds is 6. The zero-order chi connectivity index (χ0) is 22.0. The van der Waals surface area contributed by atoms with Crippen LogP contribution < -0.4 is 4.90 Å². The Kier molecular flexibility index (Phi) is 6.15. The molecule has 0 bridgehead atoms. The number of thiazole rings is 1. The molecule has 158 valence electrons. The van der Waals surface area contributed by atoms with Crippen molar-refractivity contribution in [2.75, 3.05) is 4.90 Å². The van der Waals surface area contributed by atoms with Crippen LogP contribution in [0.25, 0.3) is 5.69 Å². The molecule has 1 amide bonds. The van der Waals surface area contributed by atoms with Crippen molar-refractivity contribution in [2.45, 2.75) is 31.7 Å². The molecule has 31 heavy (non-hydrogen) atoms. The predicted octanol–water partition coefficient (Wildman–Crippen LogP) is 5.46. The average Bonchev–Trinajstić information content (AvgIpc) is 3.35. The van der Waals surface area contributed by atoms with Crippen molar-refractivity contribution >= 4 is 39.8 Å². The molecule has 0 radical (unpaired) electrons. The molecule has 2 heterocycles. The van der Waals surface area contributed by atoms with Gasteiger partial charge in [-0.1, -0.05) is 41.6 Å². The van der Waals surface area contributed by atoms with Crippen molar-refractivity contribution in [3.8, 4) is 5.69 Å². The number of para-hydroxylation sites is 1. The van der Waals surface area contributed by atoms with Gasteiger partial charge < -0.3 is 0 Å². The molecule has 2 aromatic heterocycles. The third kappa shape index (κ3) is 4.52. The molecule has 6 nitrogen and oxygen atoms in total. The van der Waals surface area contributed by atoms with Gasteiger partial charge in [-0.15, -0.1) is 21.5 Å². The summed E-state index contributed by atoms with van der Waals surface area (Å²) in [6.07, 6.45) is 0. The Bertz CT molecular complexity index is 1220. The Hall–Kier alpha value is -3.04. The highest BCUT2D eigenvalue weighted by Gasteiger charge is 2.21. The summed E-state index contributed by atoms with van der Waals surface area (Å²) >= 11 is 2.81. The highest BCUT2D eigenvalue weighted by Crippen LogP contribution is 2.32. The molecular weight excluding hydrogens is 433 g/mol. The number of amides is 1. The summed E-state index contributed by atoms with van der Waals surface area (Å²) in [5, 5.41) is 11.6. The second-order valence-corrected chi connectivity index (χ2v) is 8.70. The van der Waals surface area contributed by atoms with Crippen molar-refractivity contribution < 1.29 is 9.18 Å². The summed E-state index contributed by atoms with van der Waals surface area (Å²) < 4.78 is 16.3. The van der Waals surface area contributed by atoms with Gasteiger partial charge >= 0.3 is 0 Å². The number of nitrogens with zero attached hydrogens (tertiary/aromatic N) is 5. The zero-order valence-electron chi connectivity index (χ0n) is 17.2. The summed E-state index contributed by atoms with van der Waals surface area (Å²) in [4.78, 5) is 18.1. The van der Waals surface area contributed by atoms with Crippen LogP contribution in [0.1, 0.15) is 24.0 Å². The molecule has 2 aromatic carbocycles. The zero-order valence-corrected chi connectivity index (χ0v) is 18.9. The van der Waals surface area contributed by atoms with Crippen molar-refractivity contribution in [2.24, 2.45) is 0 Å². The Morgan fingerprint density at radius 2 is 1.87 bits per heavy atom. The molecule has 0 atom stereocenters. The fourth-order valence-electron chi connectivity index (χ4n) is 3.07. The van der Waals surface area contributed by atoms with Gasteiger partial charge in [-0.2, -0.15) is 0 Å². The number of halogens is 1. The highest BCUT2D eigenvalue weighted by atomic mass is 32.2. The van der Waals surface area contributed by atoms with Crippen LogP contribution in [0.3, 0.4) is 0 Å². The topological polar surface area (TPSA) is 63.9 Å². The fraction of sp³-hybridized carbons (Fsp3) is 0.182. The Morgan fingerprint density at radius 1 is 1.13 bits per heavy atom. The van der Waals surface area contributed by atoms with E-state index < -0.39 is 5.82 Å². The number of anilines is 2. The van der Waals surface area contributed by atoms with Crippen LogP contribution in [-0.4, -0.2) is 25.7 Å². The molecule has 0 saturated heterocycles. The second kappa shape index (κ2) is 8.99. The summed E-state index contributed by atoms with van der Waals surface area (Å²) in [6.45, 7) is 5.36. The minimum atomic E-state index is -0.467. The molecule has 0 N–H and O–H groups in total. The van der Waals surface area contributed by atoms with Crippen LogP contribution in [-0.2, 0) is 10.5 Å². The molecule has 0 spiro atoms. The third-order valence-electron chi connectivity index (χ3n) is 4.58. The Morgan fingerprint density at radius 3 is 2.58 bits per heavy atom. The maximum absolute atomic E-state index is 14.3. The van der Waals surface area contributed by atoms with E-state index in [1.165, 1.54) is 46.6 Å². The van der Waals surface area contributed by atoms with Crippen molar-refractivity contribution in [3.63, 3.8) is 0 Å². The Balaban J connectivity index is 1.55. The van der Waals surface area contributed by atoms with Crippen LogP contribution in [0, 0.1) is 19.7 Å². The van der Waals surface area contributed by atoms with Crippen molar-refractivity contribution in [1.82, 2.24) is 19.7 Å². The molecule has 0 saturated carbocycles. The van der Waals surface area contributed by atoms with Crippen LogP contribution in [0.2, 0.25) is 0 Å². The van der Waals surface area contributed by atoms with E-state index >= 15 is 0 Å². The number of hydrogen-bond donors (Lipinski definition) is 0. The van der Waals surface area contributed by atoms with E-state index in [-0.39, 0.29) is 11.6 Å². The Labute approximate surface area is 187 Å². The first-order valence-electron chi connectivity index (χ1n) is 9.55. The van der Waals surface area contributed by atoms with Crippen molar-refractivity contribution in [3.05, 3.63) is 76.8 Å². The van der Waals surface area contributed by atoms with Gasteiger partial charge in [0, 0.05) is 23.7 Å². The molecule has 9 heteroatoms. The fourth-order valence-corrected chi connectivity index (χ4v) is 4.95. The van der Waals surface area contributed by atoms with Crippen LogP contribution in [0.15, 0.2) is 59.1 Å². The van der Waals surface area contributed by atoms with E-state index in [1.807, 2.05) is 35.9 Å². The first-order valence-corrected chi connectivity index (χ1v) is 11.4. The number of carbonyl (C=O) groups excluding carboxylic acids is 1.